The van der Waals surface area contributed by atoms with E-state index < -0.39 is 0 Å². The Labute approximate surface area is 125 Å². The van der Waals surface area contributed by atoms with E-state index in [2.05, 4.69) is 26.2 Å². The number of carbonyl (C=O) groups excluding carboxylic acids is 1. The van der Waals surface area contributed by atoms with E-state index in [0.29, 0.717) is 17.3 Å². The van der Waals surface area contributed by atoms with Gasteiger partial charge in [-0.15, -0.1) is 0 Å². The van der Waals surface area contributed by atoms with Crippen molar-refractivity contribution >= 4 is 27.5 Å². The fourth-order valence-corrected chi connectivity index (χ4v) is 1.86. The molecule has 0 fully saturated rings. The summed E-state index contributed by atoms with van der Waals surface area (Å²) in [6.45, 7) is -0.0670. The van der Waals surface area contributed by atoms with Gasteiger partial charge in [0, 0.05) is 10.5 Å². The minimum atomic E-state index is -0.253. The third-order valence-corrected chi connectivity index (χ3v) is 2.89. The van der Waals surface area contributed by atoms with Gasteiger partial charge in [-0.1, -0.05) is 22.0 Å². The number of nitrogens with zero attached hydrogens (tertiary/aromatic N) is 1. The molecule has 0 aliphatic carbocycles. The zero-order valence-corrected chi connectivity index (χ0v) is 12.4. The van der Waals surface area contributed by atoms with Gasteiger partial charge in [0.2, 0.25) is 5.88 Å². The molecular weight excluding hydrogens is 324 g/mol. The molecule has 1 N–H and O–H groups in total. The lowest BCUT2D eigenvalue weighted by Crippen LogP contribution is -2.20. The number of aromatic nitrogens is 1. The summed E-state index contributed by atoms with van der Waals surface area (Å²) in [6.07, 6.45) is 1.52. The standard InChI is InChI=1S/C14H13BrN2O3/c1-19-14-6-5-11(8-16-14)17-13(18)9-20-12-4-2-3-10(15)7-12/h2-8H,9H2,1H3,(H,17,18). The van der Waals surface area contributed by atoms with Crippen molar-refractivity contribution in [2.75, 3.05) is 19.0 Å². The number of anilines is 1. The van der Waals surface area contributed by atoms with Crippen molar-refractivity contribution in [2.45, 2.75) is 0 Å². The molecule has 0 saturated carbocycles. The van der Waals surface area contributed by atoms with Crippen LogP contribution in [0.3, 0.4) is 0 Å². The van der Waals surface area contributed by atoms with Gasteiger partial charge >= 0.3 is 0 Å². The lowest BCUT2D eigenvalue weighted by atomic mass is 10.3. The average molecular weight is 337 g/mol. The summed E-state index contributed by atoms with van der Waals surface area (Å²) in [5.74, 6) is 0.868. The van der Waals surface area contributed by atoms with E-state index in [-0.39, 0.29) is 12.5 Å². The van der Waals surface area contributed by atoms with Crippen LogP contribution in [-0.2, 0) is 4.79 Å². The van der Waals surface area contributed by atoms with Crippen LogP contribution in [0.1, 0.15) is 0 Å². The molecule has 0 bridgehead atoms. The number of nitrogens with one attached hydrogen (secondary N) is 1. The Hall–Kier alpha value is -2.08. The molecule has 0 aliphatic rings. The number of benzene rings is 1. The van der Waals surface area contributed by atoms with Gasteiger partial charge in [0.25, 0.3) is 5.91 Å². The van der Waals surface area contributed by atoms with Crippen molar-refractivity contribution in [3.8, 4) is 11.6 Å². The molecule has 1 heterocycles. The molecule has 104 valence electrons. The number of hydrogen-bond donors (Lipinski definition) is 1. The van der Waals surface area contributed by atoms with Crippen LogP contribution in [0.2, 0.25) is 0 Å². The zero-order valence-electron chi connectivity index (χ0n) is 10.8. The molecule has 0 spiro atoms. The zero-order chi connectivity index (χ0) is 14.4. The Morgan fingerprint density at radius 2 is 2.20 bits per heavy atom. The second-order valence-electron chi connectivity index (χ2n) is 3.88. The lowest BCUT2D eigenvalue weighted by Gasteiger charge is -2.08. The highest BCUT2D eigenvalue weighted by atomic mass is 79.9. The summed E-state index contributed by atoms with van der Waals surface area (Å²) in [4.78, 5) is 15.7. The number of carbonyl (C=O) groups is 1. The smallest absolute Gasteiger partial charge is 0.262 e. The van der Waals surface area contributed by atoms with Crippen LogP contribution in [0.25, 0.3) is 0 Å². The first-order valence-electron chi connectivity index (χ1n) is 5.85. The van der Waals surface area contributed by atoms with Gasteiger partial charge in [-0.25, -0.2) is 4.98 Å². The monoisotopic (exact) mass is 336 g/mol. The maximum absolute atomic E-state index is 11.7. The molecule has 2 rings (SSSR count). The Morgan fingerprint density at radius 3 is 2.85 bits per heavy atom. The second kappa shape index (κ2) is 6.91. The molecule has 0 atom stereocenters. The van der Waals surface area contributed by atoms with Crippen LogP contribution in [0, 0.1) is 0 Å². The number of rotatable bonds is 5. The van der Waals surface area contributed by atoms with Gasteiger partial charge < -0.3 is 14.8 Å². The van der Waals surface area contributed by atoms with E-state index in [1.807, 2.05) is 12.1 Å². The maximum Gasteiger partial charge on any atom is 0.262 e. The Kier molecular flexibility index (Phi) is 4.95. The summed E-state index contributed by atoms with van der Waals surface area (Å²) in [5, 5.41) is 2.68. The molecule has 0 aliphatic heterocycles. The molecule has 2 aromatic rings. The van der Waals surface area contributed by atoms with Crippen molar-refractivity contribution in [1.29, 1.82) is 0 Å². The summed E-state index contributed by atoms with van der Waals surface area (Å²) < 4.78 is 11.2. The SMILES string of the molecule is COc1ccc(NC(=O)COc2cccc(Br)c2)cn1. The second-order valence-corrected chi connectivity index (χ2v) is 4.80. The van der Waals surface area contributed by atoms with Crippen molar-refractivity contribution in [3.63, 3.8) is 0 Å². The summed E-state index contributed by atoms with van der Waals surface area (Å²) in [5.41, 5.74) is 0.591. The average Bonchev–Trinajstić information content (AvgIpc) is 2.46. The largest absolute Gasteiger partial charge is 0.484 e. The minimum Gasteiger partial charge on any atom is -0.484 e. The van der Waals surface area contributed by atoms with Crippen LogP contribution in [0.15, 0.2) is 47.1 Å². The molecule has 0 radical (unpaired) electrons. The lowest BCUT2D eigenvalue weighted by molar-refractivity contribution is -0.118. The Bertz CT molecular complexity index is 587. The maximum atomic E-state index is 11.7. The summed E-state index contributed by atoms with van der Waals surface area (Å²) >= 11 is 3.34. The van der Waals surface area contributed by atoms with E-state index in [0.717, 1.165) is 4.47 Å². The number of pyridine rings is 1. The molecule has 0 unspecified atom stereocenters. The summed E-state index contributed by atoms with van der Waals surface area (Å²) in [7, 11) is 1.53. The van der Waals surface area contributed by atoms with E-state index in [1.165, 1.54) is 13.3 Å². The van der Waals surface area contributed by atoms with Gasteiger partial charge in [-0.3, -0.25) is 4.79 Å². The van der Waals surface area contributed by atoms with Crippen molar-refractivity contribution in [3.05, 3.63) is 47.1 Å². The minimum absolute atomic E-state index is 0.0670. The number of amides is 1. The quantitative estimate of drug-likeness (QED) is 0.911. The van der Waals surface area contributed by atoms with E-state index in [4.69, 9.17) is 9.47 Å². The van der Waals surface area contributed by atoms with Crippen LogP contribution >= 0.6 is 15.9 Å². The van der Waals surface area contributed by atoms with Crippen LogP contribution in [-0.4, -0.2) is 24.6 Å². The first-order chi connectivity index (χ1) is 9.67. The normalized spacial score (nSPS) is 9.90. The van der Waals surface area contributed by atoms with Crippen LogP contribution in [0.5, 0.6) is 11.6 Å². The van der Waals surface area contributed by atoms with E-state index in [9.17, 15) is 4.79 Å². The highest BCUT2D eigenvalue weighted by molar-refractivity contribution is 9.10. The predicted molar refractivity (Wildman–Crippen MR) is 79.1 cm³/mol. The van der Waals surface area contributed by atoms with E-state index >= 15 is 0 Å². The predicted octanol–water partition coefficient (Wildman–Crippen LogP) is 2.87. The van der Waals surface area contributed by atoms with Gasteiger partial charge in [0.1, 0.15) is 5.75 Å². The number of methoxy groups -OCH3 is 1. The molecule has 1 aromatic carbocycles. The van der Waals surface area contributed by atoms with Crippen molar-refractivity contribution < 1.29 is 14.3 Å². The molecule has 1 amide bonds. The van der Waals surface area contributed by atoms with Crippen LogP contribution < -0.4 is 14.8 Å². The third-order valence-electron chi connectivity index (χ3n) is 2.40. The summed E-state index contributed by atoms with van der Waals surface area (Å²) in [6, 6.07) is 10.7. The van der Waals surface area contributed by atoms with Gasteiger partial charge in [-0.05, 0) is 24.3 Å². The first kappa shape index (κ1) is 14.3. The third kappa shape index (κ3) is 4.24. The number of halogens is 1. The highest BCUT2D eigenvalue weighted by Crippen LogP contribution is 2.17. The van der Waals surface area contributed by atoms with Gasteiger partial charge in [-0.2, -0.15) is 0 Å². The molecule has 0 saturated heterocycles. The number of ether oxygens (including phenoxy) is 2. The van der Waals surface area contributed by atoms with Gasteiger partial charge in [0.05, 0.1) is 19.0 Å². The Morgan fingerprint density at radius 1 is 1.35 bits per heavy atom. The molecular formula is C14H13BrN2O3. The topological polar surface area (TPSA) is 60.5 Å². The highest BCUT2D eigenvalue weighted by Gasteiger charge is 2.04. The molecule has 6 heteroatoms. The first-order valence-corrected chi connectivity index (χ1v) is 6.65. The number of hydrogen-bond acceptors (Lipinski definition) is 4. The van der Waals surface area contributed by atoms with E-state index in [1.54, 1.807) is 24.3 Å². The fourth-order valence-electron chi connectivity index (χ4n) is 1.48. The Balaban J connectivity index is 1.85. The van der Waals surface area contributed by atoms with Gasteiger partial charge in [0.15, 0.2) is 6.61 Å². The molecule has 1 aromatic heterocycles. The molecule has 20 heavy (non-hydrogen) atoms. The molecule has 5 nitrogen and oxygen atoms in total. The van der Waals surface area contributed by atoms with Crippen LogP contribution in [0.4, 0.5) is 5.69 Å². The van der Waals surface area contributed by atoms with Crippen molar-refractivity contribution in [1.82, 2.24) is 4.98 Å². The van der Waals surface area contributed by atoms with Crippen molar-refractivity contribution in [2.24, 2.45) is 0 Å². The fraction of sp³-hybridized carbons (Fsp3) is 0.143.